The summed E-state index contributed by atoms with van der Waals surface area (Å²) in [6, 6.07) is 0. The normalized spacial score (nSPS) is 24.0. The van der Waals surface area contributed by atoms with Crippen molar-refractivity contribution >= 4 is 0 Å². The molecule has 2 atom stereocenters. The Labute approximate surface area is 99.6 Å². The summed E-state index contributed by atoms with van der Waals surface area (Å²) in [6.45, 7) is 10.3. The van der Waals surface area contributed by atoms with Gasteiger partial charge < -0.3 is 15.2 Å². The van der Waals surface area contributed by atoms with Crippen molar-refractivity contribution in [2.45, 2.75) is 46.1 Å². The van der Waals surface area contributed by atoms with Crippen LogP contribution in [-0.4, -0.2) is 37.5 Å². The van der Waals surface area contributed by atoms with Gasteiger partial charge in [-0.3, -0.25) is 0 Å². The second kappa shape index (κ2) is 6.58. The Kier molecular flexibility index (Phi) is 5.73. The minimum absolute atomic E-state index is 0.185. The monoisotopic (exact) mass is 229 g/mol. The summed E-state index contributed by atoms with van der Waals surface area (Å²) in [5.41, 5.74) is 0.406. The number of rotatable bonds is 6. The molecule has 16 heavy (non-hydrogen) atoms. The largest absolute Gasteiger partial charge is 0.393 e. The van der Waals surface area contributed by atoms with Crippen molar-refractivity contribution in [2.75, 3.05) is 26.3 Å². The van der Waals surface area contributed by atoms with Crippen molar-refractivity contribution in [1.82, 2.24) is 5.32 Å². The molecule has 1 fully saturated rings. The molecule has 0 amide bonds. The number of ether oxygens (including phenoxy) is 1. The van der Waals surface area contributed by atoms with Crippen molar-refractivity contribution in [2.24, 2.45) is 11.3 Å². The average Bonchev–Trinajstić information content (AvgIpc) is 2.17. The van der Waals surface area contributed by atoms with Gasteiger partial charge in [0.15, 0.2) is 0 Å². The Hall–Kier alpha value is -0.120. The van der Waals surface area contributed by atoms with Gasteiger partial charge in [-0.05, 0) is 44.1 Å². The highest BCUT2D eigenvalue weighted by Gasteiger charge is 2.26. The van der Waals surface area contributed by atoms with Gasteiger partial charge in [-0.2, -0.15) is 0 Å². The molecule has 3 nitrogen and oxygen atoms in total. The fourth-order valence-electron chi connectivity index (χ4n) is 2.33. The van der Waals surface area contributed by atoms with E-state index in [1.165, 1.54) is 0 Å². The molecule has 0 bridgehead atoms. The van der Waals surface area contributed by atoms with Crippen LogP contribution in [0.2, 0.25) is 0 Å². The molecule has 0 aromatic heterocycles. The van der Waals surface area contributed by atoms with E-state index in [1.807, 2.05) is 6.92 Å². The second-order valence-corrected chi connectivity index (χ2v) is 5.74. The Morgan fingerprint density at radius 3 is 2.50 bits per heavy atom. The molecule has 0 radical (unpaired) electrons. The molecule has 96 valence electrons. The highest BCUT2D eigenvalue weighted by atomic mass is 16.5. The zero-order valence-electron chi connectivity index (χ0n) is 11.0. The maximum absolute atomic E-state index is 9.28. The van der Waals surface area contributed by atoms with Crippen LogP contribution in [0.25, 0.3) is 0 Å². The third kappa shape index (κ3) is 5.28. The molecule has 3 heteroatoms. The Morgan fingerprint density at radius 2 is 1.94 bits per heavy atom. The van der Waals surface area contributed by atoms with Crippen molar-refractivity contribution in [3.63, 3.8) is 0 Å². The summed E-state index contributed by atoms with van der Waals surface area (Å²) in [6.07, 6.45) is 3.01. The minimum atomic E-state index is -0.185. The number of hydrogen-bond donors (Lipinski definition) is 2. The lowest BCUT2D eigenvalue weighted by molar-refractivity contribution is 0.0236. The van der Waals surface area contributed by atoms with Crippen LogP contribution >= 0.6 is 0 Å². The number of hydrogen-bond acceptors (Lipinski definition) is 3. The Morgan fingerprint density at radius 1 is 1.31 bits per heavy atom. The maximum atomic E-state index is 9.28. The molecule has 0 spiro atoms. The fraction of sp³-hybridized carbons (Fsp3) is 1.00. The molecule has 2 N–H and O–H groups in total. The van der Waals surface area contributed by atoms with E-state index in [0.717, 1.165) is 45.6 Å². The molecule has 1 rings (SSSR count). The average molecular weight is 229 g/mol. The summed E-state index contributed by atoms with van der Waals surface area (Å²) in [7, 11) is 0. The summed E-state index contributed by atoms with van der Waals surface area (Å²) >= 11 is 0. The van der Waals surface area contributed by atoms with Gasteiger partial charge in [0.05, 0.1) is 6.10 Å². The zero-order chi connectivity index (χ0) is 12.0. The van der Waals surface area contributed by atoms with Crippen LogP contribution in [-0.2, 0) is 4.74 Å². The highest BCUT2D eigenvalue weighted by Crippen LogP contribution is 2.28. The van der Waals surface area contributed by atoms with Crippen LogP contribution in [0.1, 0.15) is 40.0 Å². The predicted octanol–water partition coefficient (Wildman–Crippen LogP) is 1.80. The first-order valence-electron chi connectivity index (χ1n) is 6.48. The lowest BCUT2D eigenvalue weighted by Crippen LogP contribution is -2.38. The molecular weight excluding hydrogens is 202 g/mol. The first kappa shape index (κ1) is 13.9. The van der Waals surface area contributed by atoms with E-state index in [0.29, 0.717) is 11.3 Å². The fourth-order valence-corrected chi connectivity index (χ4v) is 2.33. The topological polar surface area (TPSA) is 41.5 Å². The van der Waals surface area contributed by atoms with Crippen molar-refractivity contribution < 1.29 is 9.84 Å². The predicted molar refractivity (Wildman–Crippen MR) is 66.5 cm³/mol. The molecule has 0 aliphatic carbocycles. The van der Waals surface area contributed by atoms with E-state index in [-0.39, 0.29) is 6.10 Å². The van der Waals surface area contributed by atoms with Crippen LogP contribution < -0.4 is 5.32 Å². The van der Waals surface area contributed by atoms with Crippen LogP contribution in [0.5, 0.6) is 0 Å². The third-order valence-corrected chi connectivity index (χ3v) is 3.49. The second-order valence-electron chi connectivity index (χ2n) is 5.74. The van der Waals surface area contributed by atoms with E-state index in [4.69, 9.17) is 4.74 Å². The van der Waals surface area contributed by atoms with Gasteiger partial charge >= 0.3 is 0 Å². The summed E-state index contributed by atoms with van der Waals surface area (Å²) in [5.74, 6) is 0.545. The smallest absolute Gasteiger partial charge is 0.0515 e. The minimum Gasteiger partial charge on any atom is -0.393 e. The molecule has 1 aliphatic rings. The van der Waals surface area contributed by atoms with E-state index in [1.54, 1.807) is 0 Å². The number of nitrogens with one attached hydrogen (secondary N) is 1. The Balaban J connectivity index is 2.13. The summed E-state index contributed by atoms with van der Waals surface area (Å²) < 4.78 is 5.38. The van der Waals surface area contributed by atoms with Crippen molar-refractivity contribution in [3.05, 3.63) is 0 Å². The van der Waals surface area contributed by atoms with Gasteiger partial charge in [0.2, 0.25) is 0 Å². The molecule has 2 unspecified atom stereocenters. The zero-order valence-corrected chi connectivity index (χ0v) is 11.0. The van der Waals surface area contributed by atoms with Gasteiger partial charge in [-0.1, -0.05) is 13.8 Å². The van der Waals surface area contributed by atoms with Crippen LogP contribution in [0.4, 0.5) is 0 Å². The molecule has 0 aromatic carbocycles. The SMILES string of the molecule is CC(O)CC(C)CNCC1(C)CCOCC1. The van der Waals surface area contributed by atoms with Gasteiger partial charge in [0.25, 0.3) is 0 Å². The van der Waals surface area contributed by atoms with Crippen molar-refractivity contribution in [3.8, 4) is 0 Å². The van der Waals surface area contributed by atoms with Crippen LogP contribution in [0, 0.1) is 11.3 Å². The first-order chi connectivity index (χ1) is 7.52. The lowest BCUT2D eigenvalue weighted by atomic mass is 9.82. The molecule has 1 aliphatic heterocycles. The van der Waals surface area contributed by atoms with Gasteiger partial charge in [-0.25, -0.2) is 0 Å². The van der Waals surface area contributed by atoms with Gasteiger partial charge in [-0.15, -0.1) is 0 Å². The van der Waals surface area contributed by atoms with Gasteiger partial charge in [0.1, 0.15) is 0 Å². The number of aliphatic hydroxyl groups excluding tert-OH is 1. The van der Waals surface area contributed by atoms with Crippen molar-refractivity contribution in [1.29, 1.82) is 0 Å². The van der Waals surface area contributed by atoms with E-state index in [9.17, 15) is 5.11 Å². The van der Waals surface area contributed by atoms with Crippen LogP contribution in [0.15, 0.2) is 0 Å². The molecule has 0 aromatic rings. The lowest BCUT2D eigenvalue weighted by Gasteiger charge is -2.34. The third-order valence-electron chi connectivity index (χ3n) is 3.49. The molecule has 1 heterocycles. The quantitative estimate of drug-likeness (QED) is 0.730. The maximum Gasteiger partial charge on any atom is 0.0515 e. The van der Waals surface area contributed by atoms with E-state index < -0.39 is 0 Å². The Bertz CT molecular complexity index is 188. The van der Waals surface area contributed by atoms with E-state index >= 15 is 0 Å². The number of aliphatic hydroxyl groups is 1. The van der Waals surface area contributed by atoms with Gasteiger partial charge in [0, 0.05) is 19.8 Å². The summed E-state index contributed by atoms with van der Waals surface area (Å²) in [4.78, 5) is 0. The molecule has 1 saturated heterocycles. The first-order valence-corrected chi connectivity index (χ1v) is 6.48. The standard InChI is InChI=1S/C13H27NO2/c1-11(8-12(2)15)9-14-10-13(3)4-6-16-7-5-13/h11-12,14-15H,4-10H2,1-3H3. The molecular formula is C13H27NO2. The summed E-state index contributed by atoms with van der Waals surface area (Å²) in [5, 5.41) is 12.8. The van der Waals surface area contributed by atoms with E-state index in [2.05, 4.69) is 19.2 Å². The highest BCUT2D eigenvalue weighted by molar-refractivity contribution is 4.79. The molecule has 0 saturated carbocycles. The van der Waals surface area contributed by atoms with Crippen LogP contribution in [0.3, 0.4) is 0 Å².